The summed E-state index contributed by atoms with van der Waals surface area (Å²) in [5.41, 5.74) is 8.85. The summed E-state index contributed by atoms with van der Waals surface area (Å²) in [6.07, 6.45) is 6.79. The van der Waals surface area contributed by atoms with Crippen LogP contribution in [-0.2, 0) is 13.0 Å². The topological polar surface area (TPSA) is 30.9 Å². The Hall–Kier alpha value is -1.28. The monoisotopic (exact) mass is 244 g/mol. The van der Waals surface area contributed by atoms with Gasteiger partial charge in [0.15, 0.2) is 0 Å². The number of fused-ring (bicyclic) bond motifs is 1. The first-order chi connectivity index (χ1) is 8.76. The van der Waals surface area contributed by atoms with Gasteiger partial charge in [-0.3, -0.25) is 0 Å². The Morgan fingerprint density at radius 2 is 2.00 bits per heavy atom. The summed E-state index contributed by atoms with van der Waals surface area (Å²) >= 11 is 0. The van der Waals surface area contributed by atoms with Crippen LogP contribution < -0.4 is 5.73 Å². The summed E-state index contributed by atoms with van der Waals surface area (Å²) in [4.78, 5) is 0. The fourth-order valence-corrected chi connectivity index (χ4v) is 2.43. The molecule has 0 radical (unpaired) electrons. The standard InChI is InChI=1S/C16H24N2/c1-3-5-10-18-12-13(11-14(17)4-2)15-8-6-7-9-16(15)18/h6-9,12,14H,3-5,10-11,17H2,1-2H3. The highest BCUT2D eigenvalue weighted by molar-refractivity contribution is 5.84. The molecule has 0 aliphatic rings. The van der Waals surface area contributed by atoms with Crippen molar-refractivity contribution >= 4 is 10.9 Å². The molecule has 1 heterocycles. The molecule has 1 unspecified atom stereocenters. The largest absolute Gasteiger partial charge is 0.347 e. The Bertz CT molecular complexity index is 499. The van der Waals surface area contributed by atoms with Crippen LogP contribution >= 0.6 is 0 Å². The minimum atomic E-state index is 0.274. The van der Waals surface area contributed by atoms with Gasteiger partial charge in [0.25, 0.3) is 0 Å². The van der Waals surface area contributed by atoms with E-state index in [1.165, 1.54) is 29.3 Å². The van der Waals surface area contributed by atoms with Crippen molar-refractivity contribution in [3.63, 3.8) is 0 Å². The number of nitrogens with two attached hydrogens (primary N) is 1. The Labute approximate surface area is 110 Å². The van der Waals surface area contributed by atoms with Gasteiger partial charge in [-0.05, 0) is 30.9 Å². The molecule has 0 aliphatic carbocycles. The van der Waals surface area contributed by atoms with Crippen molar-refractivity contribution in [2.45, 2.75) is 52.1 Å². The normalized spacial score (nSPS) is 13.1. The van der Waals surface area contributed by atoms with Crippen LogP contribution in [0.5, 0.6) is 0 Å². The number of aryl methyl sites for hydroxylation is 1. The molecule has 0 fully saturated rings. The van der Waals surface area contributed by atoms with Crippen molar-refractivity contribution in [2.24, 2.45) is 5.73 Å². The predicted octanol–water partition coefficient (Wildman–Crippen LogP) is 3.72. The molecule has 0 spiro atoms. The number of hydrogen-bond donors (Lipinski definition) is 1. The lowest BCUT2D eigenvalue weighted by Crippen LogP contribution is -2.21. The van der Waals surface area contributed by atoms with Gasteiger partial charge in [0, 0.05) is 29.7 Å². The summed E-state index contributed by atoms with van der Waals surface area (Å²) in [6, 6.07) is 8.94. The third kappa shape index (κ3) is 2.75. The first-order valence-electron chi connectivity index (χ1n) is 7.08. The number of para-hydroxylation sites is 1. The van der Waals surface area contributed by atoms with Gasteiger partial charge in [0.05, 0.1) is 0 Å². The molecule has 2 heteroatoms. The van der Waals surface area contributed by atoms with Crippen LogP contribution in [0, 0.1) is 0 Å². The smallest absolute Gasteiger partial charge is 0.0483 e. The van der Waals surface area contributed by atoms with Crippen molar-refractivity contribution < 1.29 is 0 Å². The van der Waals surface area contributed by atoms with Crippen molar-refractivity contribution in [1.82, 2.24) is 4.57 Å². The maximum Gasteiger partial charge on any atom is 0.0483 e. The number of unbranched alkanes of at least 4 members (excludes halogenated alkanes) is 1. The van der Waals surface area contributed by atoms with Gasteiger partial charge in [-0.2, -0.15) is 0 Å². The Morgan fingerprint density at radius 1 is 1.22 bits per heavy atom. The first kappa shape index (κ1) is 13.2. The fraction of sp³-hybridized carbons (Fsp3) is 0.500. The molecule has 0 aliphatic heterocycles. The van der Waals surface area contributed by atoms with Gasteiger partial charge < -0.3 is 10.3 Å². The molecule has 0 amide bonds. The minimum absolute atomic E-state index is 0.274. The summed E-state index contributed by atoms with van der Waals surface area (Å²) in [5.74, 6) is 0. The maximum atomic E-state index is 6.10. The third-order valence-corrected chi connectivity index (χ3v) is 3.63. The molecule has 2 aromatic rings. The lowest BCUT2D eigenvalue weighted by atomic mass is 10.0. The summed E-state index contributed by atoms with van der Waals surface area (Å²) in [7, 11) is 0. The molecule has 1 aromatic carbocycles. The van der Waals surface area contributed by atoms with E-state index in [0.29, 0.717) is 0 Å². The van der Waals surface area contributed by atoms with Gasteiger partial charge in [-0.15, -0.1) is 0 Å². The predicted molar refractivity (Wildman–Crippen MR) is 78.8 cm³/mol. The number of benzene rings is 1. The van der Waals surface area contributed by atoms with Crippen LogP contribution in [0.15, 0.2) is 30.5 Å². The summed E-state index contributed by atoms with van der Waals surface area (Å²) in [6.45, 7) is 5.50. The molecule has 1 atom stereocenters. The van der Waals surface area contributed by atoms with E-state index in [0.717, 1.165) is 19.4 Å². The first-order valence-corrected chi connectivity index (χ1v) is 7.08. The summed E-state index contributed by atoms with van der Waals surface area (Å²) < 4.78 is 2.39. The lowest BCUT2D eigenvalue weighted by molar-refractivity contribution is 0.632. The lowest BCUT2D eigenvalue weighted by Gasteiger charge is -2.06. The van der Waals surface area contributed by atoms with Crippen LogP contribution in [0.4, 0.5) is 0 Å². The number of aromatic nitrogens is 1. The van der Waals surface area contributed by atoms with E-state index in [1.807, 2.05) is 0 Å². The maximum absolute atomic E-state index is 6.10. The average molecular weight is 244 g/mol. The van der Waals surface area contributed by atoms with Crippen molar-refractivity contribution in [1.29, 1.82) is 0 Å². The molecule has 1 aromatic heterocycles. The molecule has 2 nitrogen and oxygen atoms in total. The van der Waals surface area contributed by atoms with Crippen molar-refractivity contribution in [2.75, 3.05) is 0 Å². The third-order valence-electron chi connectivity index (χ3n) is 3.63. The fourth-order valence-electron chi connectivity index (χ4n) is 2.43. The Kier molecular flexibility index (Phi) is 4.43. The van der Waals surface area contributed by atoms with Gasteiger partial charge >= 0.3 is 0 Å². The van der Waals surface area contributed by atoms with E-state index < -0.39 is 0 Å². The quantitative estimate of drug-likeness (QED) is 0.825. The van der Waals surface area contributed by atoms with E-state index >= 15 is 0 Å². The van der Waals surface area contributed by atoms with E-state index in [9.17, 15) is 0 Å². The minimum Gasteiger partial charge on any atom is -0.347 e. The highest BCUT2D eigenvalue weighted by Gasteiger charge is 2.10. The zero-order chi connectivity index (χ0) is 13.0. The molecule has 2 rings (SSSR count). The zero-order valence-corrected chi connectivity index (χ0v) is 11.5. The molecule has 2 N–H and O–H groups in total. The molecular formula is C16H24N2. The van der Waals surface area contributed by atoms with Crippen LogP contribution in [0.2, 0.25) is 0 Å². The van der Waals surface area contributed by atoms with Crippen LogP contribution in [0.3, 0.4) is 0 Å². The average Bonchev–Trinajstić information content (AvgIpc) is 2.75. The molecule has 98 valence electrons. The molecule has 0 saturated carbocycles. The SMILES string of the molecule is CCCCn1cc(CC(N)CC)c2ccccc21. The van der Waals surface area contributed by atoms with Crippen molar-refractivity contribution in [3.05, 3.63) is 36.0 Å². The zero-order valence-electron chi connectivity index (χ0n) is 11.5. The molecular weight excluding hydrogens is 220 g/mol. The highest BCUT2D eigenvalue weighted by Crippen LogP contribution is 2.23. The van der Waals surface area contributed by atoms with Crippen LogP contribution in [0.1, 0.15) is 38.7 Å². The van der Waals surface area contributed by atoms with Gasteiger partial charge in [0.2, 0.25) is 0 Å². The second-order valence-corrected chi connectivity index (χ2v) is 5.09. The van der Waals surface area contributed by atoms with Gasteiger partial charge in [-0.25, -0.2) is 0 Å². The van der Waals surface area contributed by atoms with Gasteiger partial charge in [-0.1, -0.05) is 38.5 Å². The Balaban J connectivity index is 2.34. The van der Waals surface area contributed by atoms with E-state index in [1.54, 1.807) is 0 Å². The van der Waals surface area contributed by atoms with Crippen molar-refractivity contribution in [3.8, 4) is 0 Å². The number of nitrogens with zero attached hydrogens (tertiary/aromatic N) is 1. The summed E-state index contributed by atoms with van der Waals surface area (Å²) in [5, 5.41) is 1.37. The van der Waals surface area contributed by atoms with E-state index in [-0.39, 0.29) is 6.04 Å². The number of hydrogen-bond acceptors (Lipinski definition) is 1. The number of rotatable bonds is 6. The van der Waals surface area contributed by atoms with Gasteiger partial charge in [0.1, 0.15) is 0 Å². The second-order valence-electron chi connectivity index (χ2n) is 5.09. The van der Waals surface area contributed by atoms with Crippen LogP contribution in [0.25, 0.3) is 10.9 Å². The second kappa shape index (κ2) is 6.05. The highest BCUT2D eigenvalue weighted by atomic mass is 15.0. The molecule has 18 heavy (non-hydrogen) atoms. The molecule has 0 saturated heterocycles. The Morgan fingerprint density at radius 3 is 2.72 bits per heavy atom. The van der Waals surface area contributed by atoms with Crippen LogP contribution in [-0.4, -0.2) is 10.6 Å². The van der Waals surface area contributed by atoms with E-state index in [2.05, 4.69) is 48.9 Å². The molecule has 0 bridgehead atoms. The van der Waals surface area contributed by atoms with E-state index in [4.69, 9.17) is 5.73 Å².